The summed E-state index contributed by atoms with van der Waals surface area (Å²) in [6.45, 7) is -0.0508. The maximum Gasteiger partial charge on any atom is 0.417 e. The molecule has 11 heteroatoms. The minimum atomic E-state index is -4.47. The van der Waals surface area contributed by atoms with E-state index in [1.807, 2.05) is 0 Å². The first-order valence-electron chi connectivity index (χ1n) is 7.06. The van der Waals surface area contributed by atoms with E-state index in [0.29, 0.717) is 17.5 Å². The Morgan fingerprint density at radius 2 is 1.81 bits per heavy atom. The average molecular weight is 372 g/mol. The van der Waals surface area contributed by atoms with Crippen molar-refractivity contribution in [1.82, 2.24) is 20.2 Å². The van der Waals surface area contributed by atoms with Gasteiger partial charge in [0.1, 0.15) is 6.61 Å². The van der Waals surface area contributed by atoms with Crippen LogP contribution in [0.25, 0.3) is 11.5 Å². The lowest BCUT2D eigenvalue weighted by atomic mass is 10.2. The van der Waals surface area contributed by atoms with Crippen LogP contribution in [0, 0.1) is 0 Å². The van der Waals surface area contributed by atoms with Gasteiger partial charge in [-0.15, -0.1) is 10.2 Å². The molecule has 0 aliphatic rings. The van der Waals surface area contributed by atoms with Gasteiger partial charge in [0.05, 0.1) is 16.8 Å². The van der Waals surface area contributed by atoms with Crippen LogP contribution in [0.15, 0.2) is 41.1 Å². The Labute approximate surface area is 142 Å². The van der Waals surface area contributed by atoms with Gasteiger partial charge in [0.2, 0.25) is 11.8 Å². The fraction of sp³-hybridized carbons (Fsp3) is 0.200. The number of hydrogen-bond donors (Lipinski definition) is 0. The largest absolute Gasteiger partial charge is 0.471 e. The number of alkyl halides is 5. The van der Waals surface area contributed by atoms with Crippen LogP contribution < -0.4 is 4.74 Å². The van der Waals surface area contributed by atoms with E-state index in [1.54, 1.807) is 0 Å². The van der Waals surface area contributed by atoms with Crippen LogP contribution in [0.1, 0.15) is 23.6 Å². The van der Waals surface area contributed by atoms with E-state index in [2.05, 4.69) is 20.2 Å². The molecule has 3 aromatic rings. The molecule has 0 fully saturated rings. The highest BCUT2D eigenvalue weighted by Crippen LogP contribution is 2.29. The molecule has 0 radical (unpaired) electrons. The molecule has 0 saturated heterocycles. The average Bonchev–Trinajstić information content (AvgIpc) is 3.10. The quantitative estimate of drug-likeness (QED) is 0.629. The summed E-state index contributed by atoms with van der Waals surface area (Å²) in [5.41, 5.74) is -0.111. The van der Waals surface area contributed by atoms with E-state index in [1.165, 1.54) is 18.3 Å². The first-order chi connectivity index (χ1) is 12.3. The number of ether oxygens (including phenoxy) is 1. The van der Waals surface area contributed by atoms with Gasteiger partial charge in [-0.2, -0.15) is 22.0 Å². The predicted molar refractivity (Wildman–Crippen MR) is 76.1 cm³/mol. The van der Waals surface area contributed by atoms with Crippen LogP contribution in [-0.2, 0) is 12.8 Å². The summed E-state index contributed by atoms with van der Waals surface area (Å²) in [4.78, 5) is 7.60. The second kappa shape index (κ2) is 7.02. The Morgan fingerprint density at radius 1 is 1.00 bits per heavy atom. The summed E-state index contributed by atoms with van der Waals surface area (Å²) >= 11 is 0. The molecule has 3 aromatic heterocycles. The first kappa shape index (κ1) is 17.7. The van der Waals surface area contributed by atoms with Crippen molar-refractivity contribution in [2.75, 3.05) is 0 Å². The van der Waals surface area contributed by atoms with Crippen LogP contribution in [0.4, 0.5) is 22.0 Å². The van der Waals surface area contributed by atoms with E-state index < -0.39 is 24.1 Å². The number of pyridine rings is 2. The van der Waals surface area contributed by atoms with E-state index in [4.69, 9.17) is 9.15 Å². The van der Waals surface area contributed by atoms with Gasteiger partial charge in [-0.05, 0) is 18.2 Å². The number of aromatic nitrogens is 4. The van der Waals surface area contributed by atoms with Crippen molar-refractivity contribution in [3.8, 4) is 17.3 Å². The zero-order valence-corrected chi connectivity index (χ0v) is 12.7. The van der Waals surface area contributed by atoms with Crippen LogP contribution in [0.5, 0.6) is 5.88 Å². The SMILES string of the molecule is FC(F)c1nnc(-c2ccc(COc3ccc(C(F)(F)F)cn3)nc2)o1. The number of rotatable bonds is 5. The summed E-state index contributed by atoms with van der Waals surface area (Å²) in [7, 11) is 0. The zero-order chi connectivity index (χ0) is 18.7. The first-order valence-corrected chi connectivity index (χ1v) is 7.06. The van der Waals surface area contributed by atoms with Crippen molar-refractivity contribution in [2.24, 2.45) is 0 Å². The van der Waals surface area contributed by atoms with Crippen LogP contribution in [0.3, 0.4) is 0 Å². The Bertz CT molecular complexity index is 863. The molecule has 0 bridgehead atoms. The van der Waals surface area contributed by atoms with Crippen molar-refractivity contribution < 1.29 is 31.1 Å². The zero-order valence-electron chi connectivity index (χ0n) is 12.7. The maximum atomic E-state index is 12.4. The van der Waals surface area contributed by atoms with Crippen molar-refractivity contribution in [3.63, 3.8) is 0 Å². The molecule has 0 aromatic carbocycles. The topological polar surface area (TPSA) is 73.9 Å². The van der Waals surface area contributed by atoms with Crippen molar-refractivity contribution >= 4 is 0 Å². The predicted octanol–water partition coefficient (Wildman–Crippen LogP) is 4.06. The summed E-state index contributed by atoms with van der Waals surface area (Å²) in [5, 5.41) is 6.70. The molecule has 0 saturated carbocycles. The van der Waals surface area contributed by atoms with E-state index >= 15 is 0 Å². The lowest BCUT2D eigenvalue weighted by molar-refractivity contribution is -0.137. The third kappa shape index (κ3) is 4.10. The Kier molecular flexibility index (Phi) is 4.78. The molecule has 0 amide bonds. The third-order valence-corrected chi connectivity index (χ3v) is 3.13. The monoisotopic (exact) mass is 372 g/mol. The van der Waals surface area contributed by atoms with Gasteiger partial charge in [-0.25, -0.2) is 4.98 Å². The summed E-state index contributed by atoms with van der Waals surface area (Å²) in [6.07, 6.45) is -5.35. The second-order valence-corrected chi connectivity index (χ2v) is 4.96. The van der Waals surface area contributed by atoms with Gasteiger partial charge in [-0.1, -0.05) is 0 Å². The van der Waals surface area contributed by atoms with Gasteiger partial charge in [0.15, 0.2) is 0 Å². The fourth-order valence-corrected chi connectivity index (χ4v) is 1.86. The minimum Gasteiger partial charge on any atom is -0.471 e. The number of hydrogen-bond acceptors (Lipinski definition) is 6. The van der Waals surface area contributed by atoms with Gasteiger partial charge >= 0.3 is 12.6 Å². The van der Waals surface area contributed by atoms with Crippen LogP contribution in [0.2, 0.25) is 0 Å². The van der Waals surface area contributed by atoms with Gasteiger partial charge in [0, 0.05) is 18.5 Å². The van der Waals surface area contributed by atoms with E-state index in [-0.39, 0.29) is 18.4 Å². The fourth-order valence-electron chi connectivity index (χ4n) is 1.86. The van der Waals surface area contributed by atoms with Crippen molar-refractivity contribution in [3.05, 3.63) is 53.8 Å². The molecular weight excluding hydrogens is 363 g/mol. The Hall–Kier alpha value is -3.11. The molecule has 6 nitrogen and oxygen atoms in total. The Balaban J connectivity index is 1.62. The molecule has 3 rings (SSSR count). The minimum absolute atomic E-state index is 0.00218. The Morgan fingerprint density at radius 3 is 2.35 bits per heavy atom. The molecule has 0 unspecified atom stereocenters. The van der Waals surface area contributed by atoms with E-state index in [9.17, 15) is 22.0 Å². The summed E-state index contributed by atoms with van der Waals surface area (Å²) < 4.78 is 72.2. The highest BCUT2D eigenvalue weighted by Gasteiger charge is 2.30. The molecule has 26 heavy (non-hydrogen) atoms. The number of halogens is 5. The molecule has 0 aliphatic carbocycles. The molecule has 136 valence electrons. The smallest absolute Gasteiger partial charge is 0.417 e. The lowest BCUT2D eigenvalue weighted by Crippen LogP contribution is -2.06. The normalized spacial score (nSPS) is 11.8. The van der Waals surface area contributed by atoms with Crippen molar-refractivity contribution in [1.29, 1.82) is 0 Å². The third-order valence-electron chi connectivity index (χ3n) is 3.13. The molecule has 0 aliphatic heterocycles. The summed E-state index contributed by atoms with van der Waals surface area (Å²) in [6, 6.07) is 4.98. The number of nitrogens with zero attached hydrogens (tertiary/aromatic N) is 4. The molecule has 3 heterocycles. The molecule has 0 N–H and O–H groups in total. The maximum absolute atomic E-state index is 12.4. The van der Waals surface area contributed by atoms with Crippen LogP contribution >= 0.6 is 0 Å². The second-order valence-electron chi connectivity index (χ2n) is 4.96. The highest BCUT2D eigenvalue weighted by atomic mass is 19.4. The standard InChI is InChI=1S/C15H9F5N4O2/c16-12(17)14-24-23-13(26-14)8-1-3-10(21-5-8)7-25-11-4-2-9(6-22-11)15(18,19)20/h1-6,12H,7H2. The van der Waals surface area contributed by atoms with Crippen molar-refractivity contribution in [2.45, 2.75) is 19.2 Å². The van der Waals surface area contributed by atoms with Gasteiger partial charge < -0.3 is 9.15 Å². The van der Waals surface area contributed by atoms with Crippen LogP contribution in [-0.4, -0.2) is 20.2 Å². The molecule has 0 atom stereocenters. The molecular formula is C15H9F5N4O2. The van der Waals surface area contributed by atoms with Gasteiger partial charge in [0.25, 0.3) is 5.89 Å². The highest BCUT2D eigenvalue weighted by molar-refractivity contribution is 5.50. The lowest BCUT2D eigenvalue weighted by Gasteiger charge is -2.08. The van der Waals surface area contributed by atoms with E-state index in [0.717, 1.165) is 12.1 Å². The van der Waals surface area contributed by atoms with Gasteiger partial charge in [-0.3, -0.25) is 4.98 Å². The summed E-state index contributed by atoms with van der Waals surface area (Å²) in [5.74, 6) is -0.896. The molecule has 0 spiro atoms.